The fourth-order valence-corrected chi connectivity index (χ4v) is 3.53. The van der Waals surface area contributed by atoms with Crippen LogP contribution in [0.25, 0.3) is 0 Å². The molecule has 2 rings (SSSR count). The number of ether oxygens (including phenoxy) is 2. The Balaban J connectivity index is 2.50. The SMILES string of the molecule is CCS(=O)(=O)Nc1ccccc1C1(CC(OC)OC)C=CCC=C1. The summed E-state index contributed by atoms with van der Waals surface area (Å²) in [7, 11) is -0.159. The summed E-state index contributed by atoms with van der Waals surface area (Å²) in [6, 6.07) is 7.46. The number of para-hydroxylation sites is 1. The second-order valence-corrected chi connectivity index (χ2v) is 7.75. The van der Waals surface area contributed by atoms with E-state index in [1.54, 1.807) is 27.2 Å². The molecule has 0 radical (unpaired) electrons. The van der Waals surface area contributed by atoms with Crippen molar-refractivity contribution >= 4 is 15.7 Å². The minimum Gasteiger partial charge on any atom is -0.356 e. The Labute approximate surface area is 144 Å². The summed E-state index contributed by atoms with van der Waals surface area (Å²) in [5, 5.41) is 0. The second-order valence-electron chi connectivity index (χ2n) is 5.74. The van der Waals surface area contributed by atoms with Crippen LogP contribution in [0.3, 0.4) is 0 Å². The van der Waals surface area contributed by atoms with Crippen LogP contribution in [-0.4, -0.2) is 34.7 Å². The highest BCUT2D eigenvalue weighted by atomic mass is 32.2. The third kappa shape index (κ3) is 4.26. The summed E-state index contributed by atoms with van der Waals surface area (Å²) in [4.78, 5) is 0. The average Bonchev–Trinajstić information content (AvgIpc) is 2.60. The van der Waals surface area contributed by atoms with E-state index in [9.17, 15) is 8.42 Å². The molecule has 0 amide bonds. The number of rotatable bonds is 8. The molecule has 0 saturated carbocycles. The molecule has 0 spiro atoms. The zero-order valence-corrected chi connectivity index (χ0v) is 15.2. The van der Waals surface area contributed by atoms with Gasteiger partial charge in [-0.1, -0.05) is 42.5 Å². The lowest BCUT2D eigenvalue weighted by Gasteiger charge is -2.34. The molecule has 0 heterocycles. The van der Waals surface area contributed by atoms with E-state index in [2.05, 4.69) is 29.0 Å². The number of hydrogen-bond acceptors (Lipinski definition) is 4. The lowest BCUT2D eigenvalue weighted by molar-refractivity contribution is -0.111. The fourth-order valence-electron chi connectivity index (χ4n) is 2.87. The molecule has 132 valence electrons. The van der Waals surface area contributed by atoms with Gasteiger partial charge in [-0.2, -0.15) is 0 Å². The predicted octanol–water partition coefficient (Wildman–Crippen LogP) is 3.21. The standard InChI is InChI=1S/C18H25NO4S/c1-4-24(20,21)19-16-11-7-6-10-15(16)18(12-8-5-9-13-18)14-17(22-2)23-3/h6-13,17,19H,4-5,14H2,1-3H3. The van der Waals surface area contributed by atoms with E-state index in [1.165, 1.54) is 0 Å². The largest absolute Gasteiger partial charge is 0.356 e. The maximum absolute atomic E-state index is 12.0. The van der Waals surface area contributed by atoms with Gasteiger partial charge in [-0.15, -0.1) is 0 Å². The van der Waals surface area contributed by atoms with Crippen LogP contribution in [0.15, 0.2) is 48.6 Å². The van der Waals surface area contributed by atoms with E-state index in [4.69, 9.17) is 9.47 Å². The van der Waals surface area contributed by atoms with Gasteiger partial charge < -0.3 is 9.47 Å². The number of anilines is 1. The van der Waals surface area contributed by atoms with Crippen molar-refractivity contribution in [2.45, 2.75) is 31.5 Å². The van der Waals surface area contributed by atoms with Crippen LogP contribution in [0.4, 0.5) is 5.69 Å². The molecule has 0 unspecified atom stereocenters. The van der Waals surface area contributed by atoms with Crippen molar-refractivity contribution < 1.29 is 17.9 Å². The Morgan fingerprint density at radius 1 is 1.17 bits per heavy atom. The van der Waals surface area contributed by atoms with E-state index < -0.39 is 21.7 Å². The molecule has 1 aromatic carbocycles. The van der Waals surface area contributed by atoms with E-state index in [0.29, 0.717) is 12.1 Å². The quantitative estimate of drug-likeness (QED) is 0.577. The maximum atomic E-state index is 12.0. The second kappa shape index (κ2) is 7.96. The predicted molar refractivity (Wildman–Crippen MR) is 96.5 cm³/mol. The molecular weight excluding hydrogens is 326 g/mol. The fraction of sp³-hybridized carbons (Fsp3) is 0.444. The first-order chi connectivity index (χ1) is 11.5. The molecule has 1 aliphatic rings. The topological polar surface area (TPSA) is 64.6 Å². The molecule has 1 aliphatic carbocycles. The third-order valence-corrected chi connectivity index (χ3v) is 5.50. The van der Waals surface area contributed by atoms with Gasteiger partial charge in [0.1, 0.15) is 0 Å². The van der Waals surface area contributed by atoms with Crippen molar-refractivity contribution in [2.75, 3.05) is 24.7 Å². The van der Waals surface area contributed by atoms with Crippen molar-refractivity contribution in [3.8, 4) is 0 Å². The van der Waals surface area contributed by atoms with Crippen LogP contribution in [0, 0.1) is 0 Å². The summed E-state index contributed by atoms with van der Waals surface area (Å²) in [5.41, 5.74) is 0.983. The van der Waals surface area contributed by atoms with Gasteiger partial charge >= 0.3 is 0 Å². The van der Waals surface area contributed by atoms with Crippen molar-refractivity contribution in [1.82, 2.24) is 0 Å². The maximum Gasteiger partial charge on any atom is 0.232 e. The highest BCUT2D eigenvalue weighted by molar-refractivity contribution is 7.92. The summed E-state index contributed by atoms with van der Waals surface area (Å²) < 4.78 is 37.5. The number of allylic oxidation sites excluding steroid dienone is 4. The van der Waals surface area contributed by atoms with Gasteiger partial charge in [0, 0.05) is 26.1 Å². The van der Waals surface area contributed by atoms with Gasteiger partial charge in [0.15, 0.2) is 6.29 Å². The van der Waals surface area contributed by atoms with Gasteiger partial charge in [-0.05, 0) is 25.0 Å². The molecule has 6 heteroatoms. The lowest BCUT2D eigenvalue weighted by atomic mass is 9.74. The zero-order valence-electron chi connectivity index (χ0n) is 14.4. The Morgan fingerprint density at radius 2 is 1.79 bits per heavy atom. The van der Waals surface area contributed by atoms with Crippen LogP contribution >= 0.6 is 0 Å². The molecule has 24 heavy (non-hydrogen) atoms. The molecule has 0 atom stereocenters. The van der Waals surface area contributed by atoms with E-state index >= 15 is 0 Å². The highest BCUT2D eigenvalue weighted by Gasteiger charge is 2.34. The third-order valence-electron chi connectivity index (χ3n) is 4.21. The summed E-state index contributed by atoms with van der Waals surface area (Å²) in [6.45, 7) is 1.62. The van der Waals surface area contributed by atoms with Crippen LogP contribution in [0.2, 0.25) is 0 Å². The Bertz CT molecular complexity index is 693. The number of nitrogens with one attached hydrogen (secondary N) is 1. The van der Waals surface area contributed by atoms with Crippen LogP contribution in [-0.2, 0) is 24.9 Å². The number of methoxy groups -OCH3 is 2. The van der Waals surface area contributed by atoms with Gasteiger partial charge in [-0.3, -0.25) is 4.72 Å². The molecule has 1 aromatic rings. The van der Waals surface area contributed by atoms with Crippen LogP contribution in [0.1, 0.15) is 25.3 Å². The van der Waals surface area contributed by atoms with Crippen LogP contribution < -0.4 is 4.72 Å². The first-order valence-electron chi connectivity index (χ1n) is 7.97. The zero-order chi connectivity index (χ0) is 17.6. The number of benzene rings is 1. The molecule has 5 nitrogen and oxygen atoms in total. The molecule has 0 bridgehead atoms. The minimum absolute atomic E-state index is 0.0266. The van der Waals surface area contributed by atoms with Crippen molar-refractivity contribution in [2.24, 2.45) is 0 Å². The first kappa shape index (κ1) is 18.7. The highest BCUT2D eigenvalue weighted by Crippen LogP contribution is 2.40. The van der Waals surface area contributed by atoms with Crippen molar-refractivity contribution in [1.29, 1.82) is 0 Å². The van der Waals surface area contributed by atoms with E-state index in [-0.39, 0.29) is 5.75 Å². The Hall–Kier alpha value is -1.63. The molecule has 0 fully saturated rings. The Morgan fingerprint density at radius 3 is 2.38 bits per heavy atom. The lowest BCUT2D eigenvalue weighted by Crippen LogP contribution is -2.31. The van der Waals surface area contributed by atoms with Crippen molar-refractivity contribution in [3.05, 3.63) is 54.1 Å². The number of sulfonamides is 1. The molecule has 0 aromatic heterocycles. The molecule has 1 N–H and O–H groups in total. The smallest absolute Gasteiger partial charge is 0.232 e. The van der Waals surface area contributed by atoms with Gasteiger partial charge in [-0.25, -0.2) is 8.42 Å². The number of hydrogen-bond donors (Lipinski definition) is 1. The minimum atomic E-state index is -3.36. The van der Waals surface area contributed by atoms with Crippen molar-refractivity contribution in [3.63, 3.8) is 0 Å². The van der Waals surface area contributed by atoms with Gasteiger partial charge in [0.05, 0.1) is 11.4 Å². The van der Waals surface area contributed by atoms with Gasteiger partial charge in [0.2, 0.25) is 10.0 Å². The summed E-state index contributed by atoms with van der Waals surface area (Å²) in [6.07, 6.45) is 9.36. The summed E-state index contributed by atoms with van der Waals surface area (Å²) in [5.74, 6) is 0.0266. The summed E-state index contributed by atoms with van der Waals surface area (Å²) >= 11 is 0. The van der Waals surface area contributed by atoms with Gasteiger partial charge in [0.25, 0.3) is 0 Å². The first-order valence-corrected chi connectivity index (χ1v) is 9.62. The Kier molecular flexibility index (Phi) is 6.21. The van der Waals surface area contributed by atoms with E-state index in [1.807, 2.05) is 18.2 Å². The average molecular weight is 351 g/mol. The molecule has 0 saturated heterocycles. The van der Waals surface area contributed by atoms with E-state index in [0.717, 1.165) is 12.0 Å². The molecular formula is C18H25NO4S. The monoisotopic (exact) mass is 351 g/mol. The molecule has 0 aliphatic heterocycles. The normalized spacial score (nSPS) is 16.5. The van der Waals surface area contributed by atoms with Crippen LogP contribution in [0.5, 0.6) is 0 Å².